The summed E-state index contributed by atoms with van der Waals surface area (Å²) in [6.45, 7) is 3.05. The molecule has 0 aromatic heterocycles. The zero-order valence-corrected chi connectivity index (χ0v) is 12.8. The van der Waals surface area contributed by atoms with Crippen LogP contribution in [0.25, 0.3) is 0 Å². The molecule has 0 aliphatic heterocycles. The molecule has 0 N–H and O–H groups in total. The van der Waals surface area contributed by atoms with Gasteiger partial charge in [-0.05, 0) is 18.9 Å². The molecular formula is C13H18F3N3O4. The van der Waals surface area contributed by atoms with Crippen LogP contribution < -0.4 is 0 Å². The minimum absolute atomic E-state index is 0.128. The Morgan fingerprint density at radius 3 is 2.26 bits per heavy atom. The number of hydrogen-bond donors (Lipinski definition) is 0. The van der Waals surface area contributed by atoms with Crippen LogP contribution in [-0.4, -0.2) is 27.7 Å². The maximum Gasteiger partial charge on any atom is 0.398 e. The van der Waals surface area contributed by atoms with Gasteiger partial charge in [0.2, 0.25) is 0 Å². The second kappa shape index (κ2) is 6.97. The Morgan fingerprint density at radius 1 is 1.26 bits per heavy atom. The first-order valence-corrected chi connectivity index (χ1v) is 7.15. The second-order valence-corrected chi connectivity index (χ2v) is 5.36. The smallest absolute Gasteiger partial charge is 0.259 e. The molecule has 23 heavy (non-hydrogen) atoms. The summed E-state index contributed by atoms with van der Waals surface area (Å²) in [6, 6.07) is 0. The largest absolute Gasteiger partial charge is 0.398 e. The van der Waals surface area contributed by atoms with Crippen LogP contribution in [0.3, 0.4) is 0 Å². The minimum atomic E-state index is -4.67. The molecule has 0 saturated heterocycles. The van der Waals surface area contributed by atoms with E-state index in [0.29, 0.717) is 11.4 Å². The Morgan fingerprint density at radius 2 is 1.87 bits per heavy atom. The molecule has 1 unspecified atom stereocenters. The third-order valence-electron chi connectivity index (χ3n) is 3.73. The average Bonchev–Trinajstić information content (AvgIpc) is 2.43. The number of hydrogen-bond acceptors (Lipinski definition) is 4. The number of halogens is 3. The molecule has 0 heterocycles. The van der Waals surface area contributed by atoms with E-state index in [9.17, 15) is 33.4 Å². The van der Waals surface area contributed by atoms with Gasteiger partial charge in [-0.15, -0.1) is 0 Å². The maximum atomic E-state index is 13.4. The number of rotatable bonds is 7. The first-order chi connectivity index (χ1) is 10.6. The van der Waals surface area contributed by atoms with Gasteiger partial charge in [0.05, 0.1) is 23.3 Å². The summed E-state index contributed by atoms with van der Waals surface area (Å²) < 4.78 is 40.2. The van der Waals surface area contributed by atoms with Gasteiger partial charge in [-0.2, -0.15) is 13.2 Å². The van der Waals surface area contributed by atoms with E-state index in [1.807, 2.05) is 0 Å². The fourth-order valence-electron chi connectivity index (χ4n) is 2.63. The molecule has 10 heteroatoms. The molecule has 130 valence electrons. The van der Waals surface area contributed by atoms with Crippen LogP contribution in [0, 0.1) is 25.6 Å². The number of nitrogens with zero attached hydrogens (tertiary/aromatic N) is 3. The predicted molar refractivity (Wildman–Crippen MR) is 75.2 cm³/mol. The summed E-state index contributed by atoms with van der Waals surface area (Å²) >= 11 is 0. The van der Waals surface area contributed by atoms with Crippen molar-refractivity contribution in [3.63, 3.8) is 0 Å². The van der Waals surface area contributed by atoms with Gasteiger partial charge >= 0.3 is 6.18 Å². The minimum Gasteiger partial charge on any atom is -0.259 e. The SMILES string of the molecule is CCCN(C1=C([N+](=O)[O-])CC(CCC)(C(F)(F)F)C=C1)[N+](=O)[O-]. The van der Waals surface area contributed by atoms with E-state index in [1.54, 1.807) is 13.8 Å². The quantitative estimate of drug-likeness (QED) is 0.522. The van der Waals surface area contributed by atoms with Crippen LogP contribution in [0.1, 0.15) is 39.5 Å². The lowest BCUT2D eigenvalue weighted by atomic mass is 9.75. The van der Waals surface area contributed by atoms with E-state index in [1.165, 1.54) is 0 Å². The first-order valence-electron chi connectivity index (χ1n) is 7.15. The first kappa shape index (κ1) is 18.9. The predicted octanol–water partition coefficient (Wildman–Crippen LogP) is 3.69. The fourth-order valence-corrected chi connectivity index (χ4v) is 2.63. The highest BCUT2D eigenvalue weighted by atomic mass is 19.4. The van der Waals surface area contributed by atoms with E-state index < -0.39 is 39.4 Å². The van der Waals surface area contributed by atoms with Crippen molar-refractivity contribution in [1.29, 1.82) is 0 Å². The summed E-state index contributed by atoms with van der Waals surface area (Å²) in [4.78, 5) is 21.3. The third kappa shape index (κ3) is 3.80. The number of nitro groups is 2. The molecule has 7 nitrogen and oxygen atoms in total. The van der Waals surface area contributed by atoms with Crippen LogP contribution in [-0.2, 0) is 0 Å². The molecule has 0 bridgehead atoms. The molecule has 1 aliphatic carbocycles. The van der Waals surface area contributed by atoms with Gasteiger partial charge in [0.25, 0.3) is 5.70 Å². The van der Waals surface area contributed by atoms with Crippen LogP contribution >= 0.6 is 0 Å². The van der Waals surface area contributed by atoms with Gasteiger partial charge in [0, 0.05) is 0 Å². The van der Waals surface area contributed by atoms with Gasteiger partial charge in [-0.25, -0.2) is 10.1 Å². The van der Waals surface area contributed by atoms with Crippen LogP contribution in [0.5, 0.6) is 0 Å². The molecule has 0 radical (unpaired) electrons. The molecule has 0 amide bonds. The van der Waals surface area contributed by atoms with Crippen molar-refractivity contribution in [3.8, 4) is 0 Å². The molecule has 0 aromatic carbocycles. The van der Waals surface area contributed by atoms with Crippen molar-refractivity contribution in [1.82, 2.24) is 5.01 Å². The topological polar surface area (TPSA) is 89.5 Å². The fraction of sp³-hybridized carbons (Fsp3) is 0.692. The standard InChI is InChI=1S/C13H18F3N3O4/c1-3-6-12(13(14,15)16)7-5-10(11(9-12)18(20)21)17(8-4-2)19(22)23/h5,7H,3-4,6,8-9H2,1-2H3. The Balaban J connectivity index is 3.38. The molecule has 0 spiro atoms. The van der Waals surface area contributed by atoms with Gasteiger partial charge in [0.1, 0.15) is 0 Å². The van der Waals surface area contributed by atoms with Crippen LogP contribution in [0.4, 0.5) is 13.2 Å². The summed E-state index contributed by atoms with van der Waals surface area (Å²) in [6.07, 6.45) is -3.70. The maximum absolute atomic E-state index is 13.4. The van der Waals surface area contributed by atoms with E-state index in [-0.39, 0.29) is 19.4 Å². The van der Waals surface area contributed by atoms with Gasteiger partial charge in [0.15, 0.2) is 10.7 Å². The Labute approximate surface area is 130 Å². The van der Waals surface area contributed by atoms with E-state index in [0.717, 1.165) is 12.2 Å². The molecule has 1 atom stereocenters. The average molecular weight is 337 g/mol. The molecule has 1 rings (SSSR count). The van der Waals surface area contributed by atoms with Crippen molar-refractivity contribution in [2.24, 2.45) is 5.41 Å². The Hall–Kier alpha value is -2.13. The Kier molecular flexibility index (Phi) is 5.73. The highest BCUT2D eigenvalue weighted by Gasteiger charge is 2.56. The zero-order valence-electron chi connectivity index (χ0n) is 12.8. The van der Waals surface area contributed by atoms with E-state index >= 15 is 0 Å². The highest BCUT2D eigenvalue weighted by molar-refractivity contribution is 5.29. The summed E-state index contributed by atoms with van der Waals surface area (Å²) in [7, 11) is 0. The normalized spacial score (nSPS) is 21.4. The van der Waals surface area contributed by atoms with Crippen LogP contribution in [0.2, 0.25) is 0 Å². The van der Waals surface area contributed by atoms with Gasteiger partial charge in [-0.1, -0.05) is 31.4 Å². The number of allylic oxidation sites excluding steroid dienone is 3. The summed E-state index contributed by atoms with van der Waals surface area (Å²) in [5.74, 6) is 0. The van der Waals surface area contributed by atoms with E-state index in [4.69, 9.17) is 0 Å². The third-order valence-corrected chi connectivity index (χ3v) is 3.73. The summed E-state index contributed by atoms with van der Waals surface area (Å²) in [5, 5.41) is 22.0. The lowest BCUT2D eigenvalue weighted by Gasteiger charge is -2.34. The lowest BCUT2D eigenvalue weighted by molar-refractivity contribution is -0.644. The number of alkyl halides is 3. The van der Waals surface area contributed by atoms with E-state index in [2.05, 4.69) is 0 Å². The zero-order chi connectivity index (χ0) is 17.8. The summed E-state index contributed by atoms with van der Waals surface area (Å²) in [5.41, 5.74) is -3.52. The number of hydrazine groups is 1. The van der Waals surface area contributed by atoms with Crippen molar-refractivity contribution >= 4 is 0 Å². The molecular weight excluding hydrogens is 319 g/mol. The highest BCUT2D eigenvalue weighted by Crippen LogP contribution is 2.50. The molecule has 0 aromatic rings. The van der Waals surface area contributed by atoms with Gasteiger partial charge in [-0.3, -0.25) is 10.1 Å². The van der Waals surface area contributed by atoms with Crippen LogP contribution in [0.15, 0.2) is 23.5 Å². The molecule has 0 saturated carbocycles. The monoisotopic (exact) mass is 337 g/mol. The second-order valence-electron chi connectivity index (χ2n) is 5.36. The van der Waals surface area contributed by atoms with Crippen molar-refractivity contribution in [2.45, 2.75) is 45.7 Å². The van der Waals surface area contributed by atoms with Crippen molar-refractivity contribution in [2.75, 3.05) is 6.54 Å². The Bertz CT molecular complexity index is 545. The molecule has 0 fully saturated rings. The van der Waals surface area contributed by atoms with Crippen molar-refractivity contribution in [3.05, 3.63) is 43.8 Å². The lowest BCUT2D eigenvalue weighted by Crippen LogP contribution is -2.41. The molecule has 1 aliphatic rings. The van der Waals surface area contributed by atoms with Gasteiger partial charge < -0.3 is 0 Å². The van der Waals surface area contributed by atoms with Crippen molar-refractivity contribution < 1.29 is 23.1 Å².